The number of nitrogens with zero attached hydrogens (tertiary/aromatic N) is 3. The number of ether oxygens (including phenoxy) is 1. The molecule has 2 aliphatic heterocycles. The quantitative estimate of drug-likeness (QED) is 0.835. The van der Waals surface area contributed by atoms with E-state index in [0.29, 0.717) is 26.2 Å². The van der Waals surface area contributed by atoms with Crippen molar-refractivity contribution in [1.82, 2.24) is 8.61 Å². The normalized spacial score (nSPS) is 21.3. The highest BCUT2D eigenvalue weighted by Crippen LogP contribution is 2.23. The van der Waals surface area contributed by atoms with Crippen LogP contribution in [0.3, 0.4) is 0 Å². The SMILES string of the molecule is COc1ccc(N2CCN(S(=O)(=O)N3CCCCC3)CC2)cc1. The summed E-state index contributed by atoms with van der Waals surface area (Å²) >= 11 is 0. The first-order valence-corrected chi connectivity index (χ1v) is 9.65. The van der Waals surface area contributed by atoms with Crippen LogP contribution in [0.5, 0.6) is 5.75 Å². The van der Waals surface area contributed by atoms with Crippen LogP contribution in [0.25, 0.3) is 0 Å². The first-order chi connectivity index (χ1) is 11.1. The van der Waals surface area contributed by atoms with Gasteiger partial charge in [-0.15, -0.1) is 0 Å². The maximum Gasteiger partial charge on any atom is 0.282 e. The minimum absolute atomic E-state index is 0.546. The molecule has 2 aliphatic rings. The molecule has 0 unspecified atom stereocenters. The van der Waals surface area contributed by atoms with Crippen LogP contribution in [-0.2, 0) is 10.2 Å². The number of benzene rings is 1. The van der Waals surface area contributed by atoms with E-state index in [1.807, 2.05) is 24.3 Å². The molecule has 23 heavy (non-hydrogen) atoms. The van der Waals surface area contributed by atoms with Crippen molar-refractivity contribution >= 4 is 15.9 Å². The zero-order valence-electron chi connectivity index (χ0n) is 13.6. The molecule has 7 heteroatoms. The summed E-state index contributed by atoms with van der Waals surface area (Å²) in [5.74, 6) is 0.833. The summed E-state index contributed by atoms with van der Waals surface area (Å²) in [5, 5.41) is 0. The molecule has 0 aromatic heterocycles. The maximum absolute atomic E-state index is 12.7. The second-order valence-electron chi connectivity index (χ2n) is 6.05. The van der Waals surface area contributed by atoms with E-state index < -0.39 is 10.2 Å². The molecule has 2 saturated heterocycles. The molecule has 0 bridgehead atoms. The first kappa shape index (κ1) is 16.5. The third-order valence-corrected chi connectivity index (χ3v) is 6.68. The predicted octanol–water partition coefficient (Wildman–Crippen LogP) is 1.55. The van der Waals surface area contributed by atoms with Crippen LogP contribution < -0.4 is 9.64 Å². The van der Waals surface area contributed by atoms with E-state index in [2.05, 4.69) is 4.90 Å². The molecule has 0 atom stereocenters. The molecular formula is C16H25N3O3S. The Morgan fingerprint density at radius 1 is 0.826 bits per heavy atom. The summed E-state index contributed by atoms with van der Waals surface area (Å²) in [6, 6.07) is 7.92. The van der Waals surface area contributed by atoms with E-state index in [1.165, 1.54) is 0 Å². The molecular weight excluding hydrogens is 314 g/mol. The molecule has 2 fully saturated rings. The number of rotatable bonds is 4. The predicted molar refractivity (Wildman–Crippen MR) is 91.1 cm³/mol. The molecule has 1 aromatic rings. The van der Waals surface area contributed by atoms with Crippen molar-refractivity contribution in [3.8, 4) is 5.75 Å². The Bertz CT molecular complexity index is 604. The van der Waals surface area contributed by atoms with E-state index in [0.717, 1.165) is 43.8 Å². The van der Waals surface area contributed by atoms with Gasteiger partial charge in [0, 0.05) is 45.0 Å². The van der Waals surface area contributed by atoms with Crippen molar-refractivity contribution in [3.63, 3.8) is 0 Å². The van der Waals surface area contributed by atoms with Crippen LogP contribution in [0.1, 0.15) is 19.3 Å². The van der Waals surface area contributed by atoms with Gasteiger partial charge < -0.3 is 9.64 Å². The Labute approximate surface area is 138 Å². The van der Waals surface area contributed by atoms with Crippen LogP contribution in [0, 0.1) is 0 Å². The van der Waals surface area contributed by atoms with Gasteiger partial charge in [0.05, 0.1) is 7.11 Å². The lowest BCUT2D eigenvalue weighted by Crippen LogP contribution is -2.53. The summed E-state index contributed by atoms with van der Waals surface area (Å²) in [6.45, 7) is 3.87. The number of piperidine rings is 1. The second-order valence-corrected chi connectivity index (χ2v) is 7.98. The lowest BCUT2D eigenvalue weighted by Gasteiger charge is -2.38. The number of hydrogen-bond donors (Lipinski definition) is 0. The zero-order chi connectivity index (χ0) is 16.3. The van der Waals surface area contributed by atoms with Gasteiger partial charge in [-0.2, -0.15) is 17.0 Å². The second kappa shape index (κ2) is 7.07. The van der Waals surface area contributed by atoms with Gasteiger partial charge >= 0.3 is 0 Å². The van der Waals surface area contributed by atoms with Crippen molar-refractivity contribution in [2.45, 2.75) is 19.3 Å². The van der Waals surface area contributed by atoms with Crippen molar-refractivity contribution < 1.29 is 13.2 Å². The Hall–Kier alpha value is -1.31. The Morgan fingerprint density at radius 2 is 1.39 bits per heavy atom. The highest BCUT2D eigenvalue weighted by Gasteiger charge is 2.32. The van der Waals surface area contributed by atoms with Gasteiger partial charge in [0.2, 0.25) is 0 Å². The van der Waals surface area contributed by atoms with Gasteiger partial charge in [0.15, 0.2) is 0 Å². The molecule has 3 rings (SSSR count). The van der Waals surface area contributed by atoms with Crippen LogP contribution >= 0.6 is 0 Å². The zero-order valence-corrected chi connectivity index (χ0v) is 14.5. The van der Waals surface area contributed by atoms with Gasteiger partial charge in [-0.1, -0.05) is 6.42 Å². The fraction of sp³-hybridized carbons (Fsp3) is 0.625. The van der Waals surface area contributed by atoms with Gasteiger partial charge in [-0.3, -0.25) is 0 Å². The van der Waals surface area contributed by atoms with Gasteiger partial charge in [0.1, 0.15) is 5.75 Å². The monoisotopic (exact) mass is 339 g/mol. The molecule has 0 radical (unpaired) electrons. The van der Waals surface area contributed by atoms with Crippen LogP contribution in [-0.4, -0.2) is 63.4 Å². The minimum atomic E-state index is -3.28. The van der Waals surface area contributed by atoms with Crippen molar-refractivity contribution in [2.75, 3.05) is 51.3 Å². The standard InChI is InChI=1S/C16H25N3O3S/c1-22-16-7-5-15(6-8-16)17-11-13-19(14-12-17)23(20,21)18-9-3-2-4-10-18/h5-8H,2-4,9-14H2,1H3. The number of hydrogen-bond acceptors (Lipinski definition) is 4. The number of methoxy groups -OCH3 is 1. The average Bonchev–Trinajstić information content (AvgIpc) is 2.63. The van der Waals surface area contributed by atoms with E-state index >= 15 is 0 Å². The molecule has 0 spiro atoms. The maximum atomic E-state index is 12.7. The number of anilines is 1. The van der Waals surface area contributed by atoms with E-state index in [4.69, 9.17) is 4.74 Å². The highest BCUT2D eigenvalue weighted by molar-refractivity contribution is 7.86. The highest BCUT2D eigenvalue weighted by atomic mass is 32.2. The third kappa shape index (κ3) is 3.62. The minimum Gasteiger partial charge on any atom is -0.497 e. The lowest BCUT2D eigenvalue weighted by molar-refractivity contribution is 0.295. The van der Waals surface area contributed by atoms with Gasteiger partial charge in [0.25, 0.3) is 10.2 Å². The van der Waals surface area contributed by atoms with E-state index in [9.17, 15) is 8.42 Å². The summed E-state index contributed by atoms with van der Waals surface area (Å²) < 4.78 is 33.8. The summed E-state index contributed by atoms with van der Waals surface area (Å²) in [5.41, 5.74) is 1.11. The Morgan fingerprint density at radius 3 is 1.96 bits per heavy atom. The summed E-state index contributed by atoms with van der Waals surface area (Å²) in [6.07, 6.45) is 3.09. The lowest BCUT2D eigenvalue weighted by atomic mass is 10.2. The van der Waals surface area contributed by atoms with E-state index in [-0.39, 0.29) is 0 Å². The van der Waals surface area contributed by atoms with Crippen LogP contribution in [0.15, 0.2) is 24.3 Å². The van der Waals surface area contributed by atoms with Crippen LogP contribution in [0.2, 0.25) is 0 Å². The summed E-state index contributed by atoms with van der Waals surface area (Å²) in [7, 11) is -1.63. The van der Waals surface area contributed by atoms with Gasteiger partial charge in [-0.05, 0) is 37.1 Å². The third-order valence-electron chi connectivity index (χ3n) is 4.64. The number of piperazine rings is 1. The molecule has 0 N–H and O–H groups in total. The van der Waals surface area contributed by atoms with Gasteiger partial charge in [-0.25, -0.2) is 0 Å². The summed E-state index contributed by atoms with van der Waals surface area (Å²) in [4.78, 5) is 2.22. The Kier molecular flexibility index (Phi) is 5.08. The first-order valence-electron chi connectivity index (χ1n) is 8.25. The smallest absolute Gasteiger partial charge is 0.282 e. The molecule has 1 aromatic carbocycles. The molecule has 0 aliphatic carbocycles. The Balaban J connectivity index is 1.61. The fourth-order valence-corrected chi connectivity index (χ4v) is 4.90. The van der Waals surface area contributed by atoms with Crippen molar-refractivity contribution in [2.24, 2.45) is 0 Å². The molecule has 0 amide bonds. The van der Waals surface area contributed by atoms with Crippen molar-refractivity contribution in [1.29, 1.82) is 0 Å². The molecule has 2 heterocycles. The molecule has 6 nitrogen and oxygen atoms in total. The van der Waals surface area contributed by atoms with Crippen molar-refractivity contribution in [3.05, 3.63) is 24.3 Å². The van der Waals surface area contributed by atoms with Crippen LogP contribution in [0.4, 0.5) is 5.69 Å². The largest absolute Gasteiger partial charge is 0.497 e. The fourth-order valence-electron chi connectivity index (χ4n) is 3.23. The average molecular weight is 339 g/mol. The van der Waals surface area contributed by atoms with E-state index in [1.54, 1.807) is 15.7 Å². The molecule has 0 saturated carbocycles. The topological polar surface area (TPSA) is 53.1 Å². The molecule has 128 valence electrons.